The molecule has 1 atom stereocenters. The fraction of sp³-hybridized carbons (Fsp3) is 0.200. The molecule has 1 unspecified atom stereocenters. The largest absolute Gasteiger partial charge is 0.396 e. The van der Waals surface area contributed by atoms with Gasteiger partial charge in [0.2, 0.25) is 0 Å². The number of rotatable bonds is 2. The van der Waals surface area contributed by atoms with Crippen molar-refractivity contribution in [3.8, 4) is 11.8 Å². The summed E-state index contributed by atoms with van der Waals surface area (Å²) in [5.41, 5.74) is 12.3. The summed E-state index contributed by atoms with van der Waals surface area (Å²) in [6.07, 6.45) is 3.09. The quantitative estimate of drug-likeness (QED) is 0.480. The van der Waals surface area contributed by atoms with Crippen LogP contribution in [0.15, 0.2) is 35.6 Å². The van der Waals surface area contributed by atoms with Crippen molar-refractivity contribution in [3.63, 3.8) is 0 Å². The molecule has 0 radical (unpaired) electrons. The van der Waals surface area contributed by atoms with Crippen LogP contribution in [0.2, 0.25) is 0 Å². The number of benzene rings is 1. The van der Waals surface area contributed by atoms with E-state index in [2.05, 4.69) is 22.5 Å². The average molecular weight is 290 g/mol. The predicted octanol–water partition coefficient (Wildman–Crippen LogP) is 0.816. The first-order valence-electron chi connectivity index (χ1n) is 6.35. The van der Waals surface area contributed by atoms with E-state index in [1.54, 1.807) is 19.3 Å². The first-order valence-corrected chi connectivity index (χ1v) is 6.35. The Kier molecular flexibility index (Phi) is 4.58. The summed E-state index contributed by atoms with van der Waals surface area (Å²) in [6, 6.07) is 2.26. The van der Waals surface area contributed by atoms with Gasteiger partial charge in [0, 0.05) is 18.3 Å². The van der Waals surface area contributed by atoms with Gasteiger partial charge in [-0.1, -0.05) is 11.8 Å². The predicted molar refractivity (Wildman–Crippen MR) is 78.9 cm³/mol. The number of halogens is 2. The maximum Gasteiger partial charge on any atom is 0.164 e. The molecule has 0 saturated heterocycles. The number of nitrogen functional groups attached to an aromatic ring is 1. The fourth-order valence-electron chi connectivity index (χ4n) is 1.87. The molecule has 1 aliphatic rings. The third-order valence-electron chi connectivity index (χ3n) is 2.99. The minimum absolute atomic E-state index is 0.134. The monoisotopic (exact) mass is 290 g/mol. The van der Waals surface area contributed by atoms with Crippen LogP contribution in [0.25, 0.3) is 0 Å². The molecule has 1 aromatic carbocycles. The molecule has 1 aromatic rings. The van der Waals surface area contributed by atoms with Crippen LogP contribution >= 0.6 is 0 Å². The summed E-state index contributed by atoms with van der Waals surface area (Å²) >= 11 is 0. The van der Waals surface area contributed by atoms with Crippen LogP contribution in [0.5, 0.6) is 0 Å². The van der Waals surface area contributed by atoms with Crippen molar-refractivity contribution in [1.29, 1.82) is 0 Å². The Bertz CT molecular complexity index is 668. The van der Waals surface area contributed by atoms with Crippen molar-refractivity contribution in [1.82, 2.24) is 10.6 Å². The van der Waals surface area contributed by atoms with Gasteiger partial charge in [-0.3, -0.25) is 0 Å². The Morgan fingerprint density at radius 1 is 1.33 bits per heavy atom. The Morgan fingerprint density at radius 2 is 2.10 bits per heavy atom. The average Bonchev–Trinajstić information content (AvgIpc) is 2.46. The normalized spacial score (nSPS) is 17.2. The number of anilines is 1. The van der Waals surface area contributed by atoms with Crippen LogP contribution in [0.4, 0.5) is 14.5 Å². The first-order chi connectivity index (χ1) is 10.0. The molecule has 4 nitrogen and oxygen atoms in total. The zero-order chi connectivity index (χ0) is 15.4. The topological polar surface area (TPSA) is 76.1 Å². The Morgan fingerprint density at radius 3 is 2.81 bits per heavy atom. The van der Waals surface area contributed by atoms with Gasteiger partial charge in [0.05, 0.1) is 17.4 Å². The molecular weight excluding hydrogens is 274 g/mol. The third kappa shape index (κ3) is 3.40. The highest BCUT2D eigenvalue weighted by Crippen LogP contribution is 2.18. The van der Waals surface area contributed by atoms with E-state index in [1.165, 1.54) is 6.07 Å². The molecular formula is C15H16F2N4. The summed E-state index contributed by atoms with van der Waals surface area (Å²) in [5.74, 6) is 3.60. The van der Waals surface area contributed by atoms with Crippen molar-refractivity contribution >= 4 is 5.69 Å². The van der Waals surface area contributed by atoms with Crippen molar-refractivity contribution in [2.45, 2.75) is 6.17 Å². The number of nitrogens with one attached hydrogen (secondary N) is 2. The van der Waals surface area contributed by atoms with E-state index in [1.807, 2.05) is 0 Å². The van der Waals surface area contributed by atoms with Gasteiger partial charge in [-0.15, -0.1) is 0 Å². The van der Waals surface area contributed by atoms with Crippen LogP contribution < -0.4 is 22.1 Å². The number of likely N-dealkylation sites (N-methyl/N-ethyl adjacent to an activating group) is 1. The number of nitrogens with two attached hydrogens (primary N) is 2. The van der Waals surface area contributed by atoms with Crippen molar-refractivity contribution in [2.24, 2.45) is 5.73 Å². The van der Waals surface area contributed by atoms with Crippen LogP contribution in [0, 0.1) is 23.5 Å². The van der Waals surface area contributed by atoms with Gasteiger partial charge in [0.25, 0.3) is 0 Å². The maximum atomic E-state index is 13.7. The molecule has 6 heteroatoms. The molecule has 21 heavy (non-hydrogen) atoms. The van der Waals surface area contributed by atoms with E-state index in [0.717, 1.165) is 11.6 Å². The van der Waals surface area contributed by atoms with Gasteiger partial charge in [-0.2, -0.15) is 0 Å². The lowest BCUT2D eigenvalue weighted by molar-refractivity contribution is 0.580. The zero-order valence-corrected chi connectivity index (χ0v) is 11.5. The minimum atomic E-state index is -0.844. The van der Waals surface area contributed by atoms with Gasteiger partial charge in [-0.05, 0) is 30.8 Å². The van der Waals surface area contributed by atoms with Crippen molar-refractivity contribution in [3.05, 3.63) is 52.8 Å². The van der Waals surface area contributed by atoms with Gasteiger partial charge >= 0.3 is 0 Å². The smallest absolute Gasteiger partial charge is 0.164 e. The van der Waals surface area contributed by atoms with Gasteiger partial charge in [0.1, 0.15) is 5.82 Å². The fourth-order valence-corrected chi connectivity index (χ4v) is 1.87. The van der Waals surface area contributed by atoms with E-state index in [9.17, 15) is 8.78 Å². The number of dihydropyridines is 1. The molecule has 0 amide bonds. The highest BCUT2D eigenvalue weighted by molar-refractivity contribution is 5.53. The van der Waals surface area contributed by atoms with Crippen LogP contribution in [0.1, 0.15) is 5.56 Å². The number of hydrogen-bond acceptors (Lipinski definition) is 4. The lowest BCUT2D eigenvalue weighted by Crippen LogP contribution is -2.40. The Balaban J connectivity index is 2.30. The molecule has 1 heterocycles. The number of allylic oxidation sites excluding steroid dienone is 2. The summed E-state index contributed by atoms with van der Waals surface area (Å²) in [5, 5.41) is 5.92. The molecule has 6 N–H and O–H groups in total. The number of hydrogen-bond donors (Lipinski definition) is 4. The third-order valence-corrected chi connectivity index (χ3v) is 2.99. The van der Waals surface area contributed by atoms with Crippen LogP contribution in [-0.4, -0.2) is 19.8 Å². The van der Waals surface area contributed by atoms with E-state index < -0.39 is 11.6 Å². The summed E-state index contributed by atoms with van der Waals surface area (Å²) in [7, 11) is 1.80. The zero-order valence-electron chi connectivity index (χ0n) is 11.5. The summed E-state index contributed by atoms with van der Waals surface area (Å²) in [6.45, 7) is 0.591. The first kappa shape index (κ1) is 15.0. The van der Waals surface area contributed by atoms with Crippen LogP contribution in [0.3, 0.4) is 0 Å². The van der Waals surface area contributed by atoms with Gasteiger partial charge in [0.15, 0.2) is 5.82 Å². The van der Waals surface area contributed by atoms with E-state index in [4.69, 9.17) is 11.5 Å². The minimum Gasteiger partial charge on any atom is -0.396 e. The van der Waals surface area contributed by atoms with E-state index in [-0.39, 0.29) is 17.4 Å². The lowest BCUT2D eigenvalue weighted by Gasteiger charge is -2.20. The van der Waals surface area contributed by atoms with Crippen molar-refractivity contribution < 1.29 is 8.78 Å². The van der Waals surface area contributed by atoms with Gasteiger partial charge in [-0.25, -0.2) is 8.78 Å². The summed E-state index contributed by atoms with van der Waals surface area (Å²) < 4.78 is 27.3. The van der Waals surface area contributed by atoms with E-state index >= 15 is 0 Å². The summed E-state index contributed by atoms with van der Waals surface area (Å²) in [4.78, 5) is 0. The molecule has 0 spiro atoms. The maximum absolute atomic E-state index is 13.7. The Hall–Kier alpha value is -2.36. The molecule has 1 aliphatic heterocycles. The molecule has 0 saturated carbocycles. The molecule has 110 valence electrons. The standard InChI is InChI=1S/C15H16F2N4/c1-20-8-10-6-9(7-21-15(10)19)2-3-11-12(16)4-5-13(18)14(11)17/h4-7,15,20-21H,8,18-19H2,1H3. The highest BCUT2D eigenvalue weighted by Gasteiger charge is 2.12. The highest BCUT2D eigenvalue weighted by atomic mass is 19.1. The second-order valence-corrected chi connectivity index (χ2v) is 4.57. The van der Waals surface area contributed by atoms with Gasteiger partial charge < -0.3 is 22.1 Å². The second kappa shape index (κ2) is 6.39. The Labute approximate surface area is 121 Å². The van der Waals surface area contributed by atoms with Crippen molar-refractivity contribution in [2.75, 3.05) is 19.3 Å². The van der Waals surface area contributed by atoms with Crippen LogP contribution in [-0.2, 0) is 0 Å². The molecule has 0 aromatic heterocycles. The van der Waals surface area contributed by atoms with E-state index in [0.29, 0.717) is 12.1 Å². The SMILES string of the molecule is CNCC1=CC(C#Cc2c(F)ccc(N)c2F)=CNC1N. The second-order valence-electron chi connectivity index (χ2n) is 4.57. The molecule has 2 rings (SSSR count). The molecule has 0 aliphatic carbocycles. The molecule has 0 bridgehead atoms. The molecule has 0 fully saturated rings. The lowest BCUT2D eigenvalue weighted by atomic mass is 10.1.